The van der Waals surface area contributed by atoms with Gasteiger partial charge in [0.15, 0.2) is 5.05 Å². The molecule has 11 aromatic carbocycles. The molecule has 19 heteroatoms. The number of ether oxygens (including phenoxy) is 2. The van der Waals surface area contributed by atoms with Crippen LogP contribution in [0.25, 0.3) is 0 Å². The van der Waals surface area contributed by atoms with Gasteiger partial charge in [-0.25, -0.2) is 0 Å². The van der Waals surface area contributed by atoms with E-state index in [0.717, 1.165) is 64.9 Å². The molecule has 0 bridgehead atoms. The molecule has 0 aromatic heterocycles. The quantitative estimate of drug-likeness (QED) is 0.0301. The SMILES string of the molecule is C.CC.CC(=S)SCc1ccccc1.CC(=S)Sc1ccccc1.CC(C)C(=S)SCc1ccccc1.CC(C)C(=S)Sc1ccccc1.S=C(Cl)Oc1ccccc1.S=C(Oc1ccccc1)c1ccccc1.S=C(SCc1ccccc1)c1ccccc1.S=C(Sc1ccccc1)c1ccccc1.[Br-].[CH2-]C.[Mg+2]. The van der Waals surface area contributed by atoms with E-state index in [0.29, 0.717) is 22.6 Å². The molecule has 11 aromatic rings. The Morgan fingerprint density at radius 3 is 0.917 bits per heavy atom. The first-order chi connectivity index (χ1) is 51.3. The van der Waals surface area contributed by atoms with Gasteiger partial charge in [0.1, 0.15) is 11.5 Å². The van der Waals surface area contributed by atoms with Crippen LogP contribution in [0.15, 0.2) is 348 Å². The average molecular weight is 1800 g/mol. The van der Waals surface area contributed by atoms with Crippen molar-refractivity contribution in [2.24, 2.45) is 11.8 Å². The normalized spacial score (nSPS) is 9.26. The van der Waals surface area contributed by atoms with Crippen molar-refractivity contribution in [1.82, 2.24) is 0 Å². The molecule has 0 aliphatic heterocycles. The van der Waals surface area contributed by atoms with Crippen LogP contribution in [-0.2, 0) is 17.3 Å². The van der Waals surface area contributed by atoms with Crippen molar-refractivity contribution < 1.29 is 26.5 Å². The second-order valence-electron chi connectivity index (χ2n) is 21.5. The van der Waals surface area contributed by atoms with Crippen LogP contribution >= 0.6 is 180 Å². The molecule has 0 aliphatic rings. The second kappa shape index (κ2) is 70.0. The van der Waals surface area contributed by atoms with E-state index in [1.165, 1.54) is 31.4 Å². The van der Waals surface area contributed by atoms with Gasteiger partial charge in [0.05, 0.1) is 16.8 Å². The predicted molar refractivity (Wildman–Crippen MR) is 523 cm³/mol. The number of halogens is 2. The molecule has 0 N–H and O–H groups in total. The maximum absolute atomic E-state index is 5.53. The van der Waals surface area contributed by atoms with Crippen LogP contribution in [0, 0.1) is 18.8 Å². The molecular formula is C90H96BrClMgO2S14. The smallest absolute Gasteiger partial charge is 1.00 e. The van der Waals surface area contributed by atoms with Crippen LogP contribution in [0.2, 0.25) is 0 Å². The molecule has 0 saturated heterocycles. The number of thiocarbonyl (C=S) groups is 8. The van der Waals surface area contributed by atoms with Crippen LogP contribution in [-0.4, -0.2) is 57.8 Å². The topological polar surface area (TPSA) is 18.5 Å². The number of hydrogen-bond acceptors (Lipinski definition) is 16. The van der Waals surface area contributed by atoms with Gasteiger partial charge in [-0.1, -0.05) is 431 Å². The van der Waals surface area contributed by atoms with E-state index in [2.05, 4.69) is 168 Å². The molecule has 0 atom stereocenters. The van der Waals surface area contributed by atoms with E-state index in [-0.39, 0.29) is 52.0 Å². The molecule has 0 saturated carbocycles. The summed E-state index contributed by atoms with van der Waals surface area (Å²) in [4.78, 5) is 3.64. The zero-order valence-electron chi connectivity index (χ0n) is 62.2. The summed E-state index contributed by atoms with van der Waals surface area (Å²) in [6.07, 6.45) is 0. The largest absolute Gasteiger partial charge is 2.00 e. The van der Waals surface area contributed by atoms with E-state index >= 15 is 0 Å². The van der Waals surface area contributed by atoms with Crippen LogP contribution in [0.1, 0.15) is 103 Å². The number of benzene rings is 11. The molecule has 0 unspecified atom stereocenters. The summed E-state index contributed by atoms with van der Waals surface area (Å²) in [7, 11) is 0. The van der Waals surface area contributed by atoms with E-state index in [1.807, 2.05) is 228 Å². The van der Waals surface area contributed by atoms with Crippen molar-refractivity contribution in [2.45, 2.75) is 102 Å². The standard InChI is InChI=1S/C14H12S2.C13H10OS.C13H10S2.C11H14S2.C10H12S2.C9H10S2.C8H8S2.C7H5ClOS.C2H6.C2H5.CH4.BrH.Mg/c15-14(13-9-5-2-6-10-13)16-11-12-7-3-1-4-8-12;15-13(11-7-3-1-4-8-11)14-12-9-5-2-6-10-12;14-13(11-7-3-1-4-8-11)15-12-9-5-2-6-10-12;1-9(2)11(12)13-8-10-6-4-3-5-7-10;1-8(2)10(11)12-9-6-4-3-5-7-9;1-8(10)11-7-9-5-3-2-4-6-9;1-7(9)10-8-5-3-2-4-6-8;8-7(10)9-6-4-2-1-3-5-6;2*1-2;;;/h1-10H,11H2;2*1-10H;3-7,9H,8H2,1-2H3;3-8H,1-2H3;2-6H,7H2,1H3;2-6H,1H3;1-5H;1-2H3;1H2,2H3;1H4;1H;/q;;;;;;;;;-1;;;+2/p-1. The molecule has 0 radical (unpaired) electrons. The third kappa shape index (κ3) is 55.5. The number of hydrogen-bond donors (Lipinski definition) is 0. The number of thioether (sulfide) groups is 6. The molecule has 0 heterocycles. The Balaban J connectivity index is 0. The molecule has 568 valence electrons. The van der Waals surface area contributed by atoms with Gasteiger partial charge < -0.3 is 33.4 Å². The summed E-state index contributed by atoms with van der Waals surface area (Å²) in [6, 6.07) is 110. The summed E-state index contributed by atoms with van der Waals surface area (Å²) < 4.78 is 16.5. The number of rotatable bonds is 16. The van der Waals surface area contributed by atoms with Gasteiger partial charge >= 0.3 is 23.1 Å². The summed E-state index contributed by atoms with van der Waals surface area (Å²) in [5.41, 5.74) is 7.17. The van der Waals surface area contributed by atoms with Crippen molar-refractivity contribution >= 4 is 238 Å². The first-order valence-electron chi connectivity index (χ1n) is 33.8. The Kier molecular flexibility index (Phi) is 68.4. The molecule has 0 fully saturated rings. The van der Waals surface area contributed by atoms with Crippen molar-refractivity contribution in [2.75, 3.05) is 0 Å². The van der Waals surface area contributed by atoms with Crippen molar-refractivity contribution in [3.05, 3.63) is 374 Å². The minimum Gasteiger partial charge on any atom is -1.00 e. The van der Waals surface area contributed by atoms with Gasteiger partial charge in [-0.2, -0.15) is 6.92 Å². The maximum Gasteiger partial charge on any atom is 2.00 e. The molecular weight excluding hydrogens is 1700 g/mol. The minimum absolute atomic E-state index is 0. The van der Waals surface area contributed by atoms with Gasteiger partial charge in [-0.15, -0.1) is 35.3 Å². The monoisotopic (exact) mass is 1790 g/mol. The fraction of sp³-hybridized carbons (Fsp3) is 0.167. The zero-order chi connectivity index (χ0) is 77.8. The Hall–Kier alpha value is -4.62. The molecule has 109 heavy (non-hydrogen) atoms. The molecule has 0 spiro atoms. The van der Waals surface area contributed by atoms with Gasteiger partial charge in [0, 0.05) is 45.9 Å². The minimum atomic E-state index is 0. The van der Waals surface area contributed by atoms with Crippen LogP contribution in [0.5, 0.6) is 11.5 Å². The summed E-state index contributed by atoms with van der Waals surface area (Å²) in [5, 5.41) is 0.502. The maximum atomic E-state index is 5.53. The van der Waals surface area contributed by atoms with E-state index in [9.17, 15) is 0 Å². The zero-order valence-corrected chi connectivity index (χ0v) is 77.4. The molecule has 2 nitrogen and oxygen atoms in total. The average Bonchev–Trinajstić information content (AvgIpc) is 0.895. The van der Waals surface area contributed by atoms with Crippen molar-refractivity contribution in [1.29, 1.82) is 0 Å². The molecule has 0 aliphatic carbocycles. The van der Waals surface area contributed by atoms with E-state index < -0.39 is 0 Å². The van der Waals surface area contributed by atoms with Gasteiger partial charge in [-0.3, -0.25) is 0 Å². The van der Waals surface area contributed by atoms with Crippen LogP contribution < -0.4 is 26.5 Å². The second-order valence-corrected chi connectivity index (χ2v) is 34.0. The van der Waals surface area contributed by atoms with Crippen molar-refractivity contribution in [3.63, 3.8) is 0 Å². The fourth-order valence-corrected chi connectivity index (χ4v) is 13.9. The first-order valence-corrected chi connectivity index (χ1v) is 42.8. The summed E-state index contributed by atoms with van der Waals surface area (Å²) in [6.45, 7) is 21.4. The summed E-state index contributed by atoms with van der Waals surface area (Å²) in [5.74, 6) is 5.35. The Morgan fingerprint density at radius 1 is 0.330 bits per heavy atom. The van der Waals surface area contributed by atoms with Gasteiger partial charge in [0.2, 0.25) is 0 Å². The Morgan fingerprint density at radius 2 is 0.596 bits per heavy atom. The third-order valence-electron chi connectivity index (χ3n) is 12.5. The molecule has 11 rings (SSSR count). The van der Waals surface area contributed by atoms with Crippen LogP contribution in [0.3, 0.4) is 0 Å². The Labute approximate surface area is 754 Å². The van der Waals surface area contributed by atoms with Gasteiger partial charge in [-0.05, 0) is 150 Å². The summed E-state index contributed by atoms with van der Waals surface area (Å²) >= 11 is 56.3. The molecule has 0 amide bonds. The number of para-hydroxylation sites is 2. The van der Waals surface area contributed by atoms with Crippen molar-refractivity contribution in [3.8, 4) is 11.5 Å². The fourth-order valence-electron chi connectivity index (χ4n) is 7.45. The predicted octanol–water partition coefficient (Wildman–Crippen LogP) is 27.7. The van der Waals surface area contributed by atoms with Gasteiger partial charge in [0.25, 0.3) is 4.51 Å². The first kappa shape index (κ1) is 106. The Bertz CT molecular complexity index is 3990. The van der Waals surface area contributed by atoms with E-state index in [4.69, 9.17) is 107 Å². The third-order valence-corrected chi connectivity index (χ3v) is 22.2. The van der Waals surface area contributed by atoms with Crippen LogP contribution in [0.4, 0.5) is 0 Å². The van der Waals surface area contributed by atoms with E-state index in [1.54, 1.807) is 89.6 Å².